The number of ether oxygens (including phenoxy) is 2. The van der Waals surface area contributed by atoms with Crippen LogP contribution < -0.4 is 14.8 Å². The molecule has 4 aromatic rings. The van der Waals surface area contributed by atoms with E-state index in [1.807, 2.05) is 35.7 Å². The Morgan fingerprint density at radius 3 is 2.50 bits per heavy atom. The summed E-state index contributed by atoms with van der Waals surface area (Å²) in [5.74, 6) is 1.36. The maximum Gasteiger partial charge on any atom is 0.232 e. The number of carbonyl (C=O) groups is 1. The summed E-state index contributed by atoms with van der Waals surface area (Å²) in [5.41, 5.74) is 4.43. The van der Waals surface area contributed by atoms with E-state index in [0.717, 1.165) is 22.6 Å². The van der Waals surface area contributed by atoms with E-state index in [1.54, 1.807) is 20.3 Å². The highest BCUT2D eigenvalue weighted by Crippen LogP contribution is 2.33. The molecule has 0 unspecified atom stereocenters. The zero-order chi connectivity index (χ0) is 22.5. The van der Waals surface area contributed by atoms with Crippen molar-refractivity contribution in [1.29, 1.82) is 0 Å². The van der Waals surface area contributed by atoms with Gasteiger partial charge in [-0.05, 0) is 30.2 Å². The maximum absolute atomic E-state index is 12.5. The second-order valence-corrected chi connectivity index (χ2v) is 7.92. The zero-order valence-electron chi connectivity index (χ0n) is 18.0. The molecular formula is C24H23N3O4S. The van der Waals surface area contributed by atoms with Gasteiger partial charge in [-0.2, -0.15) is 0 Å². The van der Waals surface area contributed by atoms with Crippen LogP contribution in [0.1, 0.15) is 18.2 Å². The number of aryl methyl sites for hydroxylation is 1. The van der Waals surface area contributed by atoms with Crippen LogP contribution >= 0.6 is 11.3 Å². The van der Waals surface area contributed by atoms with Gasteiger partial charge in [0.2, 0.25) is 11.8 Å². The topological polar surface area (TPSA) is 86.5 Å². The molecule has 2 heterocycles. The number of rotatable bonds is 8. The zero-order valence-corrected chi connectivity index (χ0v) is 18.9. The van der Waals surface area contributed by atoms with E-state index >= 15 is 0 Å². The Kier molecular flexibility index (Phi) is 6.51. The second kappa shape index (κ2) is 9.65. The lowest BCUT2D eigenvalue weighted by Crippen LogP contribution is -2.14. The number of nitrogens with one attached hydrogen (secondary N) is 1. The van der Waals surface area contributed by atoms with E-state index in [0.29, 0.717) is 28.8 Å². The highest BCUT2D eigenvalue weighted by molar-refractivity contribution is 7.13. The van der Waals surface area contributed by atoms with Crippen LogP contribution in [0.3, 0.4) is 0 Å². The van der Waals surface area contributed by atoms with E-state index in [9.17, 15) is 4.79 Å². The Labute approximate surface area is 190 Å². The Hall–Kier alpha value is -3.65. The summed E-state index contributed by atoms with van der Waals surface area (Å²) in [7, 11) is 3.19. The quantitative estimate of drug-likeness (QED) is 0.397. The van der Waals surface area contributed by atoms with Gasteiger partial charge in [-0.3, -0.25) is 10.1 Å². The van der Waals surface area contributed by atoms with Gasteiger partial charge in [-0.25, -0.2) is 4.98 Å². The number of methoxy groups -OCH3 is 2. The Morgan fingerprint density at radius 1 is 1.03 bits per heavy atom. The molecule has 1 N–H and O–H groups in total. The predicted molar refractivity (Wildman–Crippen MR) is 124 cm³/mol. The Balaban J connectivity index is 1.40. The van der Waals surface area contributed by atoms with Crippen molar-refractivity contribution in [2.75, 3.05) is 19.5 Å². The van der Waals surface area contributed by atoms with Gasteiger partial charge in [0, 0.05) is 22.6 Å². The van der Waals surface area contributed by atoms with Crippen LogP contribution in [0, 0.1) is 0 Å². The van der Waals surface area contributed by atoms with Crippen molar-refractivity contribution in [3.63, 3.8) is 0 Å². The molecule has 0 radical (unpaired) electrons. The smallest absolute Gasteiger partial charge is 0.232 e. The number of hydrogen-bond donors (Lipinski definition) is 1. The van der Waals surface area contributed by atoms with Crippen LogP contribution in [-0.4, -0.2) is 30.3 Å². The third-order valence-electron chi connectivity index (χ3n) is 4.95. The van der Waals surface area contributed by atoms with Crippen molar-refractivity contribution < 1.29 is 18.8 Å². The van der Waals surface area contributed by atoms with Gasteiger partial charge in [0.25, 0.3) is 0 Å². The summed E-state index contributed by atoms with van der Waals surface area (Å²) in [6, 6.07) is 15.4. The molecule has 7 nitrogen and oxygen atoms in total. The summed E-state index contributed by atoms with van der Waals surface area (Å²) in [5, 5.41) is 9.46. The Bertz CT molecular complexity index is 1210. The molecule has 2 aromatic carbocycles. The number of anilines is 1. The molecule has 8 heteroatoms. The van der Waals surface area contributed by atoms with E-state index in [1.165, 1.54) is 16.9 Å². The van der Waals surface area contributed by atoms with Crippen LogP contribution in [0.25, 0.3) is 21.8 Å². The molecule has 164 valence electrons. The van der Waals surface area contributed by atoms with Crippen LogP contribution in [0.15, 0.2) is 58.4 Å². The molecule has 4 rings (SSSR count). The normalized spacial score (nSPS) is 10.7. The van der Waals surface area contributed by atoms with Crippen molar-refractivity contribution in [1.82, 2.24) is 10.1 Å². The van der Waals surface area contributed by atoms with Crippen molar-refractivity contribution in [2.45, 2.75) is 19.8 Å². The molecule has 0 fully saturated rings. The third-order valence-corrected chi connectivity index (χ3v) is 5.89. The lowest BCUT2D eigenvalue weighted by atomic mass is 10.1. The van der Waals surface area contributed by atoms with E-state index in [4.69, 9.17) is 14.0 Å². The number of benzene rings is 2. The van der Waals surface area contributed by atoms with Gasteiger partial charge in [-0.15, -0.1) is 11.3 Å². The fourth-order valence-corrected chi connectivity index (χ4v) is 4.03. The fraction of sp³-hybridized carbons (Fsp3) is 0.208. The molecule has 0 saturated carbocycles. The highest BCUT2D eigenvalue weighted by Gasteiger charge is 2.14. The second-order valence-electron chi connectivity index (χ2n) is 7.07. The minimum absolute atomic E-state index is 0.130. The maximum atomic E-state index is 12.5. The van der Waals surface area contributed by atoms with Gasteiger partial charge in [0.05, 0.1) is 26.3 Å². The van der Waals surface area contributed by atoms with Crippen molar-refractivity contribution in [3.05, 3.63) is 65.2 Å². The first kappa shape index (κ1) is 21.6. The molecule has 0 atom stereocenters. The number of hydrogen-bond acceptors (Lipinski definition) is 7. The molecule has 0 spiro atoms. The van der Waals surface area contributed by atoms with E-state index in [-0.39, 0.29) is 12.3 Å². The molecule has 0 aliphatic rings. The summed E-state index contributed by atoms with van der Waals surface area (Å²) >= 11 is 1.46. The number of thiazole rings is 1. The molecule has 1 amide bonds. The average Bonchev–Trinajstić information content (AvgIpc) is 3.48. The lowest BCUT2D eigenvalue weighted by molar-refractivity contribution is -0.115. The molecule has 0 aliphatic carbocycles. The van der Waals surface area contributed by atoms with Crippen LogP contribution in [-0.2, 0) is 17.6 Å². The monoisotopic (exact) mass is 449 g/mol. The SMILES string of the molecule is CCc1ccc(-c2cc(NC(=O)Cc3csc(-c4ccc(OC)c(OC)c4)n3)on2)cc1. The van der Waals surface area contributed by atoms with Crippen LogP contribution in [0.4, 0.5) is 5.88 Å². The average molecular weight is 450 g/mol. The van der Waals surface area contributed by atoms with Crippen molar-refractivity contribution >= 4 is 23.1 Å². The lowest BCUT2D eigenvalue weighted by Gasteiger charge is -2.08. The summed E-state index contributed by atoms with van der Waals surface area (Å²) in [4.78, 5) is 17.0. The number of aromatic nitrogens is 2. The summed E-state index contributed by atoms with van der Waals surface area (Å²) in [6.45, 7) is 2.11. The van der Waals surface area contributed by atoms with Crippen LogP contribution in [0.5, 0.6) is 11.5 Å². The fourth-order valence-electron chi connectivity index (χ4n) is 3.22. The van der Waals surface area contributed by atoms with E-state index < -0.39 is 0 Å². The van der Waals surface area contributed by atoms with Crippen molar-refractivity contribution in [3.8, 4) is 33.3 Å². The first-order valence-corrected chi connectivity index (χ1v) is 11.0. The summed E-state index contributed by atoms with van der Waals surface area (Å²) < 4.78 is 15.9. The highest BCUT2D eigenvalue weighted by atomic mass is 32.1. The largest absolute Gasteiger partial charge is 0.493 e. The Morgan fingerprint density at radius 2 is 1.78 bits per heavy atom. The molecule has 2 aromatic heterocycles. The van der Waals surface area contributed by atoms with Gasteiger partial charge in [0.1, 0.15) is 10.7 Å². The van der Waals surface area contributed by atoms with Gasteiger partial charge < -0.3 is 14.0 Å². The summed E-state index contributed by atoms with van der Waals surface area (Å²) in [6.07, 6.45) is 1.11. The van der Waals surface area contributed by atoms with Gasteiger partial charge in [0.15, 0.2) is 11.5 Å². The van der Waals surface area contributed by atoms with Gasteiger partial charge >= 0.3 is 0 Å². The molecule has 0 saturated heterocycles. The standard InChI is InChI=1S/C24H23N3O4S/c1-4-15-5-7-16(8-6-15)19-13-23(31-27-19)26-22(28)12-18-14-32-24(25-18)17-9-10-20(29-2)21(11-17)30-3/h5-11,13-14H,4,12H2,1-3H3,(H,26,28). The van der Waals surface area contributed by atoms with Crippen LogP contribution in [0.2, 0.25) is 0 Å². The number of amides is 1. The molecule has 0 bridgehead atoms. The third kappa shape index (κ3) is 4.81. The first-order valence-electron chi connectivity index (χ1n) is 10.1. The van der Waals surface area contributed by atoms with Gasteiger partial charge in [-0.1, -0.05) is 36.3 Å². The predicted octanol–water partition coefficient (Wildman–Crippen LogP) is 5.23. The minimum atomic E-state index is -0.224. The van der Waals surface area contributed by atoms with E-state index in [2.05, 4.69) is 34.5 Å². The number of nitrogens with zero attached hydrogens (tertiary/aromatic N) is 2. The number of carbonyl (C=O) groups excluding carboxylic acids is 1. The van der Waals surface area contributed by atoms with Crippen molar-refractivity contribution in [2.24, 2.45) is 0 Å². The first-order chi connectivity index (χ1) is 15.6. The minimum Gasteiger partial charge on any atom is -0.493 e. The molecular weight excluding hydrogens is 426 g/mol. The molecule has 0 aliphatic heterocycles. The molecule has 32 heavy (non-hydrogen) atoms.